The molecule has 4 rings (SSSR count). The lowest BCUT2D eigenvalue weighted by molar-refractivity contribution is -0.146. The van der Waals surface area contributed by atoms with E-state index in [1.54, 1.807) is 12.2 Å². The fourth-order valence-corrected chi connectivity index (χ4v) is 3.80. The molecule has 2 N–H and O–H groups in total. The Morgan fingerprint density at radius 3 is 1.85 bits per heavy atom. The van der Waals surface area contributed by atoms with Crippen molar-refractivity contribution in [3.8, 4) is 0 Å². The molecule has 2 aliphatic rings. The Morgan fingerprint density at radius 1 is 0.846 bits per heavy atom. The second kappa shape index (κ2) is 6.77. The van der Waals surface area contributed by atoms with Crippen LogP contribution in [-0.2, 0) is 14.3 Å². The van der Waals surface area contributed by atoms with Crippen molar-refractivity contribution in [3.63, 3.8) is 0 Å². The Labute approximate surface area is 151 Å². The highest BCUT2D eigenvalue weighted by Crippen LogP contribution is 2.40. The van der Waals surface area contributed by atoms with Crippen molar-refractivity contribution in [2.45, 2.75) is 18.2 Å². The standard InChI is InChI=1S/C21H19NO4/c23-20(17-15-11-12-16(26-15)18(17)21(24)25)22-19(13-7-3-1-4-8-13)14-9-5-2-6-10-14/h1-12,15-19H,(H,22,23)(H,24,25)/t15-,16-,17+,18-/m0/s1. The smallest absolute Gasteiger partial charge is 0.310 e. The molecular formula is C21H19NO4. The minimum Gasteiger partial charge on any atom is -0.481 e. The van der Waals surface area contributed by atoms with Crippen LogP contribution in [0.5, 0.6) is 0 Å². The second-order valence-corrected chi connectivity index (χ2v) is 6.60. The van der Waals surface area contributed by atoms with Crippen molar-refractivity contribution < 1.29 is 19.4 Å². The maximum absolute atomic E-state index is 13.0. The lowest BCUT2D eigenvalue weighted by Gasteiger charge is -2.25. The van der Waals surface area contributed by atoms with E-state index in [9.17, 15) is 14.7 Å². The second-order valence-electron chi connectivity index (χ2n) is 6.60. The monoisotopic (exact) mass is 349 g/mol. The first-order valence-corrected chi connectivity index (χ1v) is 8.62. The van der Waals surface area contributed by atoms with E-state index in [-0.39, 0.29) is 11.9 Å². The van der Waals surface area contributed by atoms with Crippen molar-refractivity contribution in [2.75, 3.05) is 0 Å². The Bertz CT molecular complexity index is 794. The fraction of sp³-hybridized carbons (Fsp3) is 0.238. The van der Waals surface area contributed by atoms with Crippen molar-refractivity contribution in [2.24, 2.45) is 11.8 Å². The zero-order chi connectivity index (χ0) is 18.1. The lowest BCUT2D eigenvalue weighted by Crippen LogP contribution is -2.43. The Kier molecular flexibility index (Phi) is 4.31. The summed E-state index contributed by atoms with van der Waals surface area (Å²) >= 11 is 0. The molecule has 5 nitrogen and oxygen atoms in total. The molecule has 2 bridgehead atoms. The van der Waals surface area contributed by atoms with Crippen LogP contribution in [0.1, 0.15) is 17.2 Å². The molecule has 0 saturated carbocycles. The minimum absolute atomic E-state index is 0.299. The summed E-state index contributed by atoms with van der Waals surface area (Å²) in [7, 11) is 0. The molecule has 0 radical (unpaired) electrons. The number of carbonyl (C=O) groups excluding carboxylic acids is 1. The summed E-state index contributed by atoms with van der Waals surface area (Å²) in [5.74, 6) is -2.88. The van der Waals surface area contributed by atoms with Crippen LogP contribution >= 0.6 is 0 Å². The highest BCUT2D eigenvalue weighted by Gasteiger charge is 2.53. The summed E-state index contributed by atoms with van der Waals surface area (Å²) in [6, 6.07) is 19.0. The number of benzene rings is 2. The van der Waals surface area contributed by atoms with Crippen molar-refractivity contribution in [3.05, 3.63) is 83.9 Å². The van der Waals surface area contributed by atoms with E-state index in [0.717, 1.165) is 11.1 Å². The summed E-state index contributed by atoms with van der Waals surface area (Å²) < 4.78 is 5.62. The molecule has 2 aliphatic heterocycles. The third kappa shape index (κ3) is 2.91. The van der Waals surface area contributed by atoms with E-state index in [4.69, 9.17) is 4.74 Å². The summed E-state index contributed by atoms with van der Waals surface area (Å²) in [5, 5.41) is 12.6. The van der Waals surface area contributed by atoms with Crippen LogP contribution in [0.4, 0.5) is 0 Å². The number of nitrogens with one attached hydrogen (secondary N) is 1. The summed E-state index contributed by atoms with van der Waals surface area (Å²) in [4.78, 5) is 24.7. The largest absolute Gasteiger partial charge is 0.481 e. The topological polar surface area (TPSA) is 75.6 Å². The Balaban J connectivity index is 1.63. The predicted octanol–water partition coefficient (Wildman–Crippen LogP) is 2.55. The molecule has 1 amide bonds. The fourth-order valence-electron chi connectivity index (χ4n) is 3.80. The third-order valence-corrected chi connectivity index (χ3v) is 5.04. The number of aliphatic carboxylic acids is 1. The molecule has 5 heteroatoms. The number of amides is 1. The first kappa shape index (κ1) is 16.5. The average molecular weight is 349 g/mol. The van der Waals surface area contributed by atoms with Gasteiger partial charge in [0.25, 0.3) is 0 Å². The molecule has 0 unspecified atom stereocenters. The molecule has 0 spiro atoms. The van der Waals surface area contributed by atoms with Gasteiger partial charge in [-0.25, -0.2) is 0 Å². The van der Waals surface area contributed by atoms with Gasteiger partial charge in [-0.2, -0.15) is 0 Å². The summed E-state index contributed by atoms with van der Waals surface area (Å²) in [5.41, 5.74) is 1.89. The van der Waals surface area contributed by atoms with Crippen LogP contribution in [-0.4, -0.2) is 29.2 Å². The van der Waals surface area contributed by atoms with Gasteiger partial charge in [0.15, 0.2) is 0 Å². The first-order valence-electron chi connectivity index (χ1n) is 8.62. The minimum atomic E-state index is -1.00. The number of hydrogen-bond acceptors (Lipinski definition) is 3. The van der Waals surface area contributed by atoms with Gasteiger partial charge >= 0.3 is 5.97 Å². The quantitative estimate of drug-likeness (QED) is 0.814. The van der Waals surface area contributed by atoms with Gasteiger partial charge in [0, 0.05) is 0 Å². The van der Waals surface area contributed by atoms with Crippen LogP contribution in [0.25, 0.3) is 0 Å². The van der Waals surface area contributed by atoms with Crippen molar-refractivity contribution in [1.82, 2.24) is 5.32 Å². The van der Waals surface area contributed by atoms with Gasteiger partial charge in [0.1, 0.15) is 5.92 Å². The number of carbonyl (C=O) groups is 2. The highest BCUT2D eigenvalue weighted by molar-refractivity contribution is 5.87. The predicted molar refractivity (Wildman–Crippen MR) is 95.3 cm³/mol. The van der Waals surface area contributed by atoms with E-state index < -0.39 is 30.0 Å². The number of rotatable bonds is 5. The molecule has 132 valence electrons. The van der Waals surface area contributed by atoms with Gasteiger partial charge in [-0.1, -0.05) is 72.8 Å². The summed E-state index contributed by atoms with van der Waals surface area (Å²) in [6.45, 7) is 0. The average Bonchev–Trinajstić information content (AvgIpc) is 3.29. The zero-order valence-corrected chi connectivity index (χ0v) is 14.0. The number of fused-ring (bicyclic) bond motifs is 2. The van der Waals surface area contributed by atoms with E-state index in [0.29, 0.717) is 0 Å². The normalized spacial score (nSPS) is 26.2. The number of carboxylic acids is 1. The van der Waals surface area contributed by atoms with E-state index in [1.165, 1.54) is 0 Å². The molecule has 2 heterocycles. The molecule has 2 aromatic rings. The third-order valence-electron chi connectivity index (χ3n) is 5.04. The van der Waals surface area contributed by atoms with Gasteiger partial charge < -0.3 is 15.2 Å². The molecular weight excluding hydrogens is 330 g/mol. The summed E-state index contributed by atoms with van der Waals surface area (Å²) in [6.07, 6.45) is 2.52. The van der Waals surface area contributed by atoms with E-state index in [2.05, 4.69) is 5.32 Å². The van der Waals surface area contributed by atoms with Crippen LogP contribution in [0, 0.1) is 11.8 Å². The molecule has 2 aromatic carbocycles. The number of hydrogen-bond donors (Lipinski definition) is 2. The highest BCUT2D eigenvalue weighted by atomic mass is 16.5. The molecule has 1 fully saturated rings. The van der Waals surface area contributed by atoms with Gasteiger partial charge in [-0.3, -0.25) is 9.59 Å². The number of carboxylic acid groups (broad SMARTS) is 1. The number of ether oxygens (including phenoxy) is 1. The van der Waals surface area contributed by atoms with E-state index >= 15 is 0 Å². The Hall–Kier alpha value is -2.92. The van der Waals surface area contributed by atoms with Crippen molar-refractivity contribution >= 4 is 11.9 Å². The van der Waals surface area contributed by atoms with Gasteiger partial charge in [0.2, 0.25) is 5.91 Å². The van der Waals surface area contributed by atoms with Gasteiger partial charge in [-0.05, 0) is 11.1 Å². The van der Waals surface area contributed by atoms with Crippen LogP contribution in [0.3, 0.4) is 0 Å². The maximum atomic E-state index is 13.0. The molecule has 0 aliphatic carbocycles. The molecule has 1 saturated heterocycles. The maximum Gasteiger partial charge on any atom is 0.310 e. The van der Waals surface area contributed by atoms with E-state index in [1.807, 2.05) is 60.7 Å². The Morgan fingerprint density at radius 2 is 1.35 bits per heavy atom. The molecule has 0 aromatic heterocycles. The van der Waals surface area contributed by atoms with Crippen molar-refractivity contribution in [1.29, 1.82) is 0 Å². The van der Waals surface area contributed by atoms with Crippen LogP contribution < -0.4 is 5.32 Å². The lowest BCUT2D eigenvalue weighted by atomic mass is 9.82. The van der Waals surface area contributed by atoms with Crippen LogP contribution in [0.15, 0.2) is 72.8 Å². The first-order chi connectivity index (χ1) is 12.6. The van der Waals surface area contributed by atoms with Crippen LogP contribution in [0.2, 0.25) is 0 Å². The zero-order valence-electron chi connectivity index (χ0n) is 14.0. The SMILES string of the molecule is O=C(O)[C@@H]1[C@H](C(=O)NC(c2ccccc2)c2ccccc2)[C@@H]2C=C[C@@H]1O2. The molecule has 26 heavy (non-hydrogen) atoms. The molecule has 4 atom stereocenters. The van der Waals surface area contributed by atoms with Gasteiger partial charge in [0.05, 0.1) is 24.2 Å². The van der Waals surface area contributed by atoms with Gasteiger partial charge in [-0.15, -0.1) is 0 Å².